The minimum Gasteiger partial charge on any atom is -0.505 e. The topological polar surface area (TPSA) is 55.1 Å². The van der Waals surface area contributed by atoms with Crippen molar-refractivity contribution in [3.05, 3.63) is 45.2 Å². The van der Waals surface area contributed by atoms with Gasteiger partial charge < -0.3 is 5.11 Å². The van der Waals surface area contributed by atoms with Crippen molar-refractivity contribution >= 4 is 21.7 Å². The predicted octanol–water partition coefficient (Wildman–Crippen LogP) is 3.47. The number of aromatic hydroxyl groups is 1. The molecule has 3 rings (SSSR count). The molecule has 2 heterocycles. The van der Waals surface area contributed by atoms with Crippen molar-refractivity contribution in [3.8, 4) is 16.9 Å². The number of rotatable bonds is 2. The van der Waals surface area contributed by atoms with E-state index in [0.29, 0.717) is 22.5 Å². The normalized spacial score (nSPS) is 11.2. The van der Waals surface area contributed by atoms with Gasteiger partial charge in [0, 0.05) is 6.54 Å². The first-order valence-electron chi connectivity index (χ1n) is 6.83. The Hall–Kier alpha value is -2.14. The Morgan fingerprint density at radius 3 is 2.67 bits per heavy atom. The second kappa shape index (κ2) is 5.00. The highest BCUT2D eigenvalue weighted by Crippen LogP contribution is 2.37. The summed E-state index contributed by atoms with van der Waals surface area (Å²) >= 11 is 1.41. The summed E-state index contributed by atoms with van der Waals surface area (Å²) in [6.45, 7) is 6.25. The van der Waals surface area contributed by atoms with Crippen molar-refractivity contribution in [3.63, 3.8) is 0 Å². The molecular formula is C16H16N2O2S. The number of benzene rings is 1. The molecule has 2 aromatic heterocycles. The monoisotopic (exact) mass is 300 g/mol. The van der Waals surface area contributed by atoms with Crippen molar-refractivity contribution in [2.24, 2.45) is 0 Å². The van der Waals surface area contributed by atoms with Gasteiger partial charge in [-0.3, -0.25) is 9.36 Å². The summed E-state index contributed by atoms with van der Waals surface area (Å²) in [6, 6.07) is 7.60. The number of thiazole rings is 1. The summed E-state index contributed by atoms with van der Waals surface area (Å²) in [6.07, 6.45) is 0. The Kier molecular flexibility index (Phi) is 3.29. The zero-order valence-corrected chi connectivity index (χ0v) is 13.0. The maximum Gasteiger partial charge on any atom is 0.263 e. The number of nitrogens with zero attached hydrogens (tertiary/aromatic N) is 2. The molecule has 1 aromatic carbocycles. The third-order valence-electron chi connectivity index (χ3n) is 3.61. The van der Waals surface area contributed by atoms with Gasteiger partial charge in [-0.2, -0.15) is 0 Å². The molecule has 1 N–H and O–H groups in total. The highest BCUT2D eigenvalue weighted by Gasteiger charge is 2.20. The summed E-state index contributed by atoms with van der Waals surface area (Å²) in [5, 5.41) is 11.4. The van der Waals surface area contributed by atoms with Crippen molar-refractivity contribution < 1.29 is 5.11 Å². The molecule has 0 atom stereocenters. The van der Waals surface area contributed by atoms with Crippen LogP contribution in [-0.2, 0) is 6.54 Å². The lowest BCUT2D eigenvalue weighted by atomic mass is 10.0. The van der Waals surface area contributed by atoms with Crippen LogP contribution in [0.5, 0.6) is 5.75 Å². The average Bonchev–Trinajstić information content (AvgIpc) is 2.83. The van der Waals surface area contributed by atoms with Gasteiger partial charge in [-0.05, 0) is 31.9 Å². The van der Waals surface area contributed by atoms with Crippen LogP contribution >= 0.6 is 11.3 Å². The lowest BCUT2D eigenvalue weighted by molar-refractivity contribution is 0.482. The maximum absolute atomic E-state index is 12.8. The van der Waals surface area contributed by atoms with E-state index < -0.39 is 0 Å². The smallest absolute Gasteiger partial charge is 0.263 e. The first kappa shape index (κ1) is 13.8. The molecule has 0 saturated heterocycles. The second-order valence-electron chi connectivity index (χ2n) is 4.97. The van der Waals surface area contributed by atoms with Crippen molar-refractivity contribution in [2.75, 3.05) is 0 Å². The predicted molar refractivity (Wildman–Crippen MR) is 86.1 cm³/mol. The molecule has 0 aliphatic carbocycles. The summed E-state index contributed by atoms with van der Waals surface area (Å²) in [5.74, 6) is 0.0413. The van der Waals surface area contributed by atoms with E-state index in [2.05, 4.69) is 4.98 Å². The van der Waals surface area contributed by atoms with Crippen LogP contribution in [0.4, 0.5) is 0 Å². The van der Waals surface area contributed by atoms with Gasteiger partial charge in [0.25, 0.3) is 5.56 Å². The third kappa shape index (κ3) is 2.05. The highest BCUT2D eigenvalue weighted by atomic mass is 32.1. The van der Waals surface area contributed by atoms with E-state index in [9.17, 15) is 9.90 Å². The molecule has 0 radical (unpaired) electrons. The van der Waals surface area contributed by atoms with E-state index in [1.165, 1.54) is 11.3 Å². The van der Waals surface area contributed by atoms with Crippen LogP contribution in [0.1, 0.15) is 17.5 Å². The van der Waals surface area contributed by atoms with E-state index >= 15 is 0 Å². The van der Waals surface area contributed by atoms with Gasteiger partial charge in [0.2, 0.25) is 0 Å². The van der Waals surface area contributed by atoms with Crippen LogP contribution in [-0.4, -0.2) is 14.7 Å². The Bertz CT molecular complexity index is 893. The minimum absolute atomic E-state index is 0.0413. The lowest BCUT2D eigenvalue weighted by Gasteiger charge is -2.11. The van der Waals surface area contributed by atoms with Crippen molar-refractivity contribution in [2.45, 2.75) is 27.3 Å². The lowest BCUT2D eigenvalue weighted by Crippen LogP contribution is -2.21. The van der Waals surface area contributed by atoms with E-state index in [4.69, 9.17) is 0 Å². The number of hydrogen-bond donors (Lipinski definition) is 1. The molecule has 0 aliphatic heterocycles. The Morgan fingerprint density at radius 1 is 1.29 bits per heavy atom. The standard InChI is InChI=1S/C16H16N2O2S/c1-4-18-15-14(21-10(3)17-15)13(19)12(16(18)20)11-8-6-5-7-9(11)2/h5-8,19H,4H2,1-3H3. The van der Waals surface area contributed by atoms with Gasteiger partial charge in [0.15, 0.2) is 5.65 Å². The van der Waals surface area contributed by atoms with Gasteiger partial charge in [-0.15, -0.1) is 11.3 Å². The van der Waals surface area contributed by atoms with Crippen LogP contribution < -0.4 is 5.56 Å². The summed E-state index contributed by atoms with van der Waals surface area (Å²) in [7, 11) is 0. The van der Waals surface area contributed by atoms with E-state index in [1.54, 1.807) is 4.57 Å². The fraction of sp³-hybridized carbons (Fsp3) is 0.250. The van der Waals surface area contributed by atoms with Gasteiger partial charge in [-0.25, -0.2) is 4.98 Å². The molecule has 0 spiro atoms. The van der Waals surface area contributed by atoms with Crippen molar-refractivity contribution in [1.82, 2.24) is 9.55 Å². The molecule has 0 fully saturated rings. The highest BCUT2D eigenvalue weighted by molar-refractivity contribution is 7.18. The number of aryl methyl sites for hydroxylation is 3. The van der Waals surface area contributed by atoms with E-state index in [1.807, 2.05) is 45.0 Å². The largest absolute Gasteiger partial charge is 0.505 e. The number of pyridine rings is 1. The molecule has 3 aromatic rings. The molecular weight excluding hydrogens is 284 g/mol. The van der Waals surface area contributed by atoms with Crippen LogP contribution in [0.2, 0.25) is 0 Å². The number of aromatic nitrogens is 2. The third-order valence-corrected chi connectivity index (χ3v) is 4.58. The zero-order valence-electron chi connectivity index (χ0n) is 12.2. The average molecular weight is 300 g/mol. The quantitative estimate of drug-likeness (QED) is 0.788. The van der Waals surface area contributed by atoms with Crippen molar-refractivity contribution in [1.29, 1.82) is 0 Å². The molecule has 0 amide bonds. The molecule has 4 nitrogen and oxygen atoms in total. The number of hydrogen-bond acceptors (Lipinski definition) is 4. The zero-order chi connectivity index (χ0) is 15.1. The molecule has 0 saturated carbocycles. The van der Waals surface area contributed by atoms with Gasteiger partial charge in [-0.1, -0.05) is 24.3 Å². The molecule has 0 unspecified atom stereocenters. The first-order chi connectivity index (χ1) is 10.0. The minimum atomic E-state index is -0.192. The molecule has 21 heavy (non-hydrogen) atoms. The van der Waals surface area contributed by atoms with Gasteiger partial charge in [0.05, 0.1) is 10.6 Å². The number of fused-ring (bicyclic) bond motifs is 1. The van der Waals surface area contributed by atoms with Gasteiger partial charge in [0.1, 0.15) is 10.4 Å². The maximum atomic E-state index is 12.8. The van der Waals surface area contributed by atoms with E-state index in [0.717, 1.165) is 16.1 Å². The Balaban J connectivity index is 2.49. The fourth-order valence-electron chi connectivity index (χ4n) is 2.59. The van der Waals surface area contributed by atoms with Gasteiger partial charge >= 0.3 is 0 Å². The SMILES string of the molecule is CCn1c(=O)c(-c2ccccc2C)c(O)c2sc(C)nc21. The summed E-state index contributed by atoms with van der Waals surface area (Å²) < 4.78 is 2.30. The van der Waals surface area contributed by atoms with Crippen LogP contribution in [0.3, 0.4) is 0 Å². The van der Waals surface area contributed by atoms with Crippen LogP contribution in [0.15, 0.2) is 29.1 Å². The van der Waals surface area contributed by atoms with Crippen LogP contribution in [0, 0.1) is 13.8 Å². The Labute approximate surface area is 126 Å². The molecule has 108 valence electrons. The molecule has 5 heteroatoms. The summed E-state index contributed by atoms with van der Waals surface area (Å²) in [4.78, 5) is 17.1. The van der Waals surface area contributed by atoms with E-state index in [-0.39, 0.29) is 11.3 Å². The fourth-order valence-corrected chi connectivity index (χ4v) is 3.46. The Morgan fingerprint density at radius 2 is 2.00 bits per heavy atom. The summed E-state index contributed by atoms with van der Waals surface area (Å²) in [5.41, 5.74) is 2.48. The molecule has 0 bridgehead atoms. The molecule has 0 aliphatic rings. The second-order valence-corrected chi connectivity index (χ2v) is 6.18. The first-order valence-corrected chi connectivity index (χ1v) is 7.65. The van der Waals surface area contributed by atoms with Crippen LogP contribution in [0.25, 0.3) is 21.5 Å².